The normalized spacial score (nSPS) is 18.4. The number of piperidine rings is 1. The van der Waals surface area contributed by atoms with Crippen molar-refractivity contribution >= 4 is 21.8 Å². The predicted molar refractivity (Wildman–Crippen MR) is 122 cm³/mol. The fraction of sp³-hybridized carbons (Fsp3) is 0.417. The van der Waals surface area contributed by atoms with E-state index >= 15 is 0 Å². The standard InChI is InChI=1S/C24H29N3O3S/c1-17-7-6-8-19(15-17)24(2,3)16-25-23(28)18-11-13-27(14-12-18)22-20-9-4-5-10-21(20)31(29,30)26-22/h4-10,15,18H,11-14,16H2,1-3H3,(H,25,28). The second-order valence-electron chi connectivity index (χ2n) is 9.12. The van der Waals surface area contributed by atoms with E-state index in [1.807, 2.05) is 17.0 Å². The molecule has 2 aliphatic rings. The van der Waals surface area contributed by atoms with Crippen LogP contribution < -0.4 is 5.32 Å². The van der Waals surface area contributed by atoms with E-state index in [9.17, 15) is 13.2 Å². The van der Waals surface area contributed by atoms with Crippen molar-refractivity contribution in [1.29, 1.82) is 0 Å². The molecule has 1 amide bonds. The maximum atomic E-state index is 12.8. The molecule has 0 radical (unpaired) electrons. The van der Waals surface area contributed by atoms with Gasteiger partial charge < -0.3 is 10.2 Å². The summed E-state index contributed by atoms with van der Waals surface area (Å²) in [5, 5.41) is 3.14. The third kappa shape index (κ3) is 4.37. The molecule has 0 atom stereocenters. The average molecular weight is 440 g/mol. The summed E-state index contributed by atoms with van der Waals surface area (Å²) < 4.78 is 28.6. The lowest BCUT2D eigenvalue weighted by atomic mass is 9.83. The summed E-state index contributed by atoms with van der Waals surface area (Å²) in [6.07, 6.45) is 1.36. The molecule has 1 fully saturated rings. The van der Waals surface area contributed by atoms with Crippen molar-refractivity contribution in [3.8, 4) is 0 Å². The number of fused-ring (bicyclic) bond motifs is 1. The van der Waals surface area contributed by atoms with Gasteiger partial charge in [0.05, 0.1) is 0 Å². The van der Waals surface area contributed by atoms with Crippen molar-refractivity contribution < 1.29 is 13.2 Å². The monoisotopic (exact) mass is 439 g/mol. The van der Waals surface area contributed by atoms with E-state index in [0.717, 1.165) is 0 Å². The number of likely N-dealkylation sites (tertiary alicyclic amines) is 1. The molecule has 0 aromatic heterocycles. The fourth-order valence-electron chi connectivity index (χ4n) is 4.29. The zero-order valence-corrected chi connectivity index (χ0v) is 19.1. The van der Waals surface area contributed by atoms with Gasteiger partial charge in [0.25, 0.3) is 10.0 Å². The van der Waals surface area contributed by atoms with Gasteiger partial charge in [-0.1, -0.05) is 55.8 Å². The second kappa shape index (κ2) is 8.11. The molecule has 0 unspecified atom stereocenters. The lowest BCUT2D eigenvalue weighted by Gasteiger charge is -2.33. The Bertz CT molecular complexity index is 1130. The molecule has 2 aliphatic heterocycles. The summed E-state index contributed by atoms with van der Waals surface area (Å²) in [5.41, 5.74) is 2.92. The fourth-order valence-corrected chi connectivity index (χ4v) is 5.52. The third-order valence-corrected chi connectivity index (χ3v) is 7.61. The van der Waals surface area contributed by atoms with Crippen LogP contribution in [0, 0.1) is 12.8 Å². The van der Waals surface area contributed by atoms with E-state index < -0.39 is 10.0 Å². The van der Waals surface area contributed by atoms with Crippen molar-refractivity contribution in [2.24, 2.45) is 10.3 Å². The molecule has 1 saturated heterocycles. The van der Waals surface area contributed by atoms with Crippen molar-refractivity contribution in [3.63, 3.8) is 0 Å². The second-order valence-corrected chi connectivity index (χ2v) is 10.7. The number of carbonyl (C=O) groups excluding carboxylic acids is 1. The molecule has 1 N–H and O–H groups in total. The topological polar surface area (TPSA) is 78.8 Å². The highest BCUT2D eigenvalue weighted by molar-refractivity contribution is 7.90. The molecule has 2 heterocycles. The molecule has 0 aliphatic carbocycles. The SMILES string of the molecule is Cc1cccc(C(C)(C)CNC(=O)C2CCN(C3=NS(=O)(=O)c4ccccc43)CC2)c1. The van der Waals surface area contributed by atoms with E-state index in [2.05, 4.69) is 48.7 Å². The number of benzene rings is 2. The van der Waals surface area contributed by atoms with Gasteiger partial charge in [-0.05, 0) is 37.5 Å². The maximum absolute atomic E-state index is 12.8. The third-order valence-electron chi connectivity index (χ3n) is 6.28. The Kier molecular flexibility index (Phi) is 5.64. The molecule has 6 nitrogen and oxygen atoms in total. The summed E-state index contributed by atoms with van der Waals surface area (Å²) in [6, 6.07) is 15.3. The van der Waals surface area contributed by atoms with Gasteiger partial charge in [-0.2, -0.15) is 8.42 Å². The molecule has 164 valence electrons. The first-order valence-corrected chi connectivity index (χ1v) is 12.2. The Hall–Kier alpha value is -2.67. The molecule has 0 saturated carbocycles. The summed E-state index contributed by atoms with van der Waals surface area (Å²) in [7, 11) is -3.62. The molecule has 0 bridgehead atoms. The Balaban J connectivity index is 1.36. The first-order valence-electron chi connectivity index (χ1n) is 10.7. The van der Waals surface area contributed by atoms with Gasteiger partial charge in [-0.15, -0.1) is 4.40 Å². The van der Waals surface area contributed by atoms with E-state index in [1.54, 1.807) is 18.2 Å². The number of carbonyl (C=O) groups is 1. The number of nitrogens with zero attached hydrogens (tertiary/aromatic N) is 2. The summed E-state index contributed by atoms with van der Waals surface area (Å²) in [6.45, 7) is 8.16. The first-order chi connectivity index (χ1) is 14.7. The minimum Gasteiger partial charge on any atom is -0.355 e. The predicted octanol–water partition coefficient (Wildman–Crippen LogP) is 3.25. The Labute approximate surface area is 184 Å². The lowest BCUT2D eigenvalue weighted by molar-refractivity contribution is -0.126. The van der Waals surface area contributed by atoms with Crippen LogP contribution in [0.1, 0.15) is 43.4 Å². The van der Waals surface area contributed by atoms with Gasteiger partial charge >= 0.3 is 0 Å². The number of sulfonamides is 1. The van der Waals surface area contributed by atoms with Crippen LogP contribution in [0.2, 0.25) is 0 Å². The van der Waals surface area contributed by atoms with Crippen LogP contribution in [-0.2, 0) is 20.2 Å². The number of hydrogen-bond acceptors (Lipinski definition) is 4. The van der Waals surface area contributed by atoms with Gasteiger partial charge in [0.2, 0.25) is 5.91 Å². The van der Waals surface area contributed by atoms with Crippen LogP contribution in [0.5, 0.6) is 0 Å². The quantitative estimate of drug-likeness (QED) is 0.793. The van der Waals surface area contributed by atoms with Crippen LogP contribution in [0.4, 0.5) is 0 Å². The van der Waals surface area contributed by atoms with E-state index in [-0.39, 0.29) is 22.1 Å². The van der Waals surface area contributed by atoms with Crippen LogP contribution in [0.15, 0.2) is 57.8 Å². The largest absolute Gasteiger partial charge is 0.355 e. The smallest absolute Gasteiger partial charge is 0.285 e. The first kappa shape index (κ1) is 21.6. The summed E-state index contributed by atoms with van der Waals surface area (Å²) in [4.78, 5) is 15.1. The van der Waals surface area contributed by atoms with Crippen LogP contribution in [-0.4, -0.2) is 44.7 Å². The van der Waals surface area contributed by atoms with Crippen LogP contribution in [0.3, 0.4) is 0 Å². The van der Waals surface area contributed by atoms with Crippen molar-refractivity contribution in [3.05, 3.63) is 65.2 Å². The van der Waals surface area contributed by atoms with Gasteiger partial charge in [-0.3, -0.25) is 4.79 Å². The number of amidine groups is 1. The molecule has 2 aromatic carbocycles. The van der Waals surface area contributed by atoms with E-state index in [0.29, 0.717) is 43.9 Å². The molecule has 0 spiro atoms. The number of hydrogen-bond donors (Lipinski definition) is 1. The molecular weight excluding hydrogens is 410 g/mol. The molecule has 7 heteroatoms. The van der Waals surface area contributed by atoms with E-state index in [4.69, 9.17) is 0 Å². The minimum atomic E-state index is -3.62. The summed E-state index contributed by atoms with van der Waals surface area (Å²) >= 11 is 0. The van der Waals surface area contributed by atoms with Crippen LogP contribution >= 0.6 is 0 Å². The zero-order valence-electron chi connectivity index (χ0n) is 18.3. The number of rotatable bonds is 4. The van der Waals surface area contributed by atoms with Crippen molar-refractivity contribution in [2.75, 3.05) is 19.6 Å². The minimum absolute atomic E-state index is 0.0709. The van der Waals surface area contributed by atoms with Gasteiger partial charge in [0.1, 0.15) is 4.90 Å². The molecule has 2 aromatic rings. The average Bonchev–Trinajstić information content (AvgIpc) is 3.03. The van der Waals surface area contributed by atoms with Gasteiger partial charge in [0, 0.05) is 36.5 Å². The number of aryl methyl sites for hydroxylation is 1. The van der Waals surface area contributed by atoms with Gasteiger partial charge in [-0.25, -0.2) is 0 Å². The highest BCUT2D eigenvalue weighted by atomic mass is 32.2. The Morgan fingerprint density at radius 2 is 1.84 bits per heavy atom. The zero-order chi connectivity index (χ0) is 22.2. The number of nitrogens with one attached hydrogen (secondary N) is 1. The Morgan fingerprint density at radius 3 is 2.55 bits per heavy atom. The number of amides is 1. The summed E-state index contributed by atoms with van der Waals surface area (Å²) in [5.74, 6) is 0.509. The van der Waals surface area contributed by atoms with Crippen LogP contribution in [0.25, 0.3) is 0 Å². The maximum Gasteiger partial charge on any atom is 0.285 e. The van der Waals surface area contributed by atoms with Crippen molar-refractivity contribution in [2.45, 2.75) is 43.9 Å². The van der Waals surface area contributed by atoms with E-state index in [1.165, 1.54) is 11.1 Å². The van der Waals surface area contributed by atoms with Gasteiger partial charge in [0.15, 0.2) is 5.84 Å². The highest BCUT2D eigenvalue weighted by Crippen LogP contribution is 2.30. The Morgan fingerprint density at radius 1 is 1.13 bits per heavy atom. The highest BCUT2D eigenvalue weighted by Gasteiger charge is 2.34. The molecule has 31 heavy (non-hydrogen) atoms. The molecule has 4 rings (SSSR count). The lowest BCUT2D eigenvalue weighted by Crippen LogP contribution is -2.45. The molecular formula is C24H29N3O3S. The van der Waals surface area contributed by atoms with Crippen molar-refractivity contribution in [1.82, 2.24) is 10.2 Å².